The number of hydrogen-bond acceptors (Lipinski definition) is 4. The summed E-state index contributed by atoms with van der Waals surface area (Å²) in [5, 5.41) is 4.21. The van der Waals surface area contributed by atoms with Crippen LogP contribution in [-0.4, -0.2) is 14.4 Å². The van der Waals surface area contributed by atoms with E-state index in [9.17, 15) is 0 Å². The van der Waals surface area contributed by atoms with E-state index in [-0.39, 0.29) is 0 Å². The minimum atomic E-state index is 0.381. The smallest absolute Gasteiger partial charge is 0.180 e. The minimum absolute atomic E-state index is 0.381. The molecule has 1 aromatic carbocycles. The number of rotatable bonds is 2. The van der Waals surface area contributed by atoms with E-state index in [1.807, 2.05) is 0 Å². The first-order valence-electron chi connectivity index (χ1n) is 5.45. The van der Waals surface area contributed by atoms with Crippen molar-refractivity contribution in [1.29, 1.82) is 0 Å². The van der Waals surface area contributed by atoms with E-state index in [4.69, 9.17) is 28.9 Å². The molecular formula is C12H9Cl2N5. The highest BCUT2D eigenvalue weighted by Gasteiger charge is 2.09. The Morgan fingerprint density at radius 3 is 2.95 bits per heavy atom. The number of nitrogen functional groups attached to an aromatic ring is 1. The molecular weight excluding hydrogens is 285 g/mol. The molecule has 5 nitrogen and oxygen atoms in total. The van der Waals surface area contributed by atoms with Crippen LogP contribution in [0, 0.1) is 0 Å². The summed E-state index contributed by atoms with van der Waals surface area (Å²) in [5.41, 5.74) is 7.05. The molecule has 3 N–H and O–H groups in total. The van der Waals surface area contributed by atoms with Gasteiger partial charge in [0.15, 0.2) is 11.5 Å². The van der Waals surface area contributed by atoms with Crippen molar-refractivity contribution < 1.29 is 0 Å². The third-order valence-electron chi connectivity index (χ3n) is 2.57. The van der Waals surface area contributed by atoms with E-state index >= 15 is 0 Å². The first-order chi connectivity index (χ1) is 9.13. The second-order valence-electron chi connectivity index (χ2n) is 3.92. The maximum atomic E-state index is 6.10. The summed E-state index contributed by atoms with van der Waals surface area (Å²) in [6.45, 7) is 0. The van der Waals surface area contributed by atoms with Gasteiger partial charge in [-0.2, -0.15) is 0 Å². The summed E-state index contributed by atoms with van der Waals surface area (Å²) >= 11 is 12.1. The zero-order valence-electron chi connectivity index (χ0n) is 9.64. The molecule has 0 aliphatic carbocycles. The predicted octanol–water partition coefficient (Wildman–Crippen LogP) is 3.36. The molecule has 3 rings (SSSR count). The average Bonchev–Trinajstić information content (AvgIpc) is 2.82. The van der Waals surface area contributed by atoms with Crippen LogP contribution in [-0.2, 0) is 0 Å². The normalized spacial score (nSPS) is 10.8. The van der Waals surface area contributed by atoms with Crippen LogP contribution >= 0.6 is 23.2 Å². The molecule has 0 saturated heterocycles. The molecule has 0 aliphatic rings. The largest absolute Gasteiger partial charge is 0.382 e. The van der Waals surface area contributed by atoms with Crippen molar-refractivity contribution in [3.8, 4) is 0 Å². The lowest BCUT2D eigenvalue weighted by atomic mass is 10.3. The second-order valence-corrected chi connectivity index (χ2v) is 4.77. The van der Waals surface area contributed by atoms with Gasteiger partial charge in [-0.15, -0.1) is 0 Å². The van der Waals surface area contributed by atoms with E-state index in [2.05, 4.69) is 15.3 Å². The summed E-state index contributed by atoms with van der Waals surface area (Å²) in [4.78, 5) is 8.44. The molecule has 0 fully saturated rings. The standard InChI is InChI=1S/C12H9Cl2N5/c13-7-1-2-8(14)9(5-7)17-11-12-16-3-4-19(12)6-10(15)18-11/h1-6H,15H2,(H,17,18). The lowest BCUT2D eigenvalue weighted by Crippen LogP contribution is -2.02. The molecule has 0 saturated carbocycles. The number of nitrogens with two attached hydrogens (primary N) is 1. The number of nitrogens with one attached hydrogen (secondary N) is 1. The Hall–Kier alpha value is -1.98. The number of imidazole rings is 1. The Bertz CT molecular complexity index is 753. The van der Waals surface area contributed by atoms with E-state index in [1.165, 1.54) is 0 Å². The highest BCUT2D eigenvalue weighted by Crippen LogP contribution is 2.29. The lowest BCUT2D eigenvalue weighted by molar-refractivity contribution is 1.14. The van der Waals surface area contributed by atoms with Crippen molar-refractivity contribution in [3.63, 3.8) is 0 Å². The fourth-order valence-electron chi connectivity index (χ4n) is 1.76. The van der Waals surface area contributed by atoms with Crippen molar-refractivity contribution >= 4 is 46.2 Å². The van der Waals surface area contributed by atoms with Crippen LogP contribution in [0.3, 0.4) is 0 Å². The molecule has 0 unspecified atom stereocenters. The molecule has 0 amide bonds. The molecule has 0 radical (unpaired) electrons. The van der Waals surface area contributed by atoms with Crippen LogP contribution in [0.2, 0.25) is 10.0 Å². The van der Waals surface area contributed by atoms with Crippen LogP contribution in [0.1, 0.15) is 0 Å². The number of anilines is 3. The summed E-state index contributed by atoms with van der Waals surface area (Å²) in [6, 6.07) is 5.14. The Kier molecular flexibility index (Phi) is 2.93. The third-order valence-corrected chi connectivity index (χ3v) is 3.14. The van der Waals surface area contributed by atoms with Crippen LogP contribution in [0.5, 0.6) is 0 Å². The highest BCUT2D eigenvalue weighted by atomic mass is 35.5. The van der Waals surface area contributed by atoms with E-state index in [1.54, 1.807) is 41.2 Å². The van der Waals surface area contributed by atoms with Crippen LogP contribution < -0.4 is 11.1 Å². The highest BCUT2D eigenvalue weighted by molar-refractivity contribution is 6.35. The maximum Gasteiger partial charge on any atom is 0.180 e. The fourth-order valence-corrected chi connectivity index (χ4v) is 2.09. The van der Waals surface area contributed by atoms with Gasteiger partial charge >= 0.3 is 0 Å². The molecule has 0 aliphatic heterocycles. The van der Waals surface area contributed by atoms with Gasteiger partial charge in [0.05, 0.1) is 16.9 Å². The predicted molar refractivity (Wildman–Crippen MR) is 77.1 cm³/mol. The summed E-state index contributed by atoms with van der Waals surface area (Å²) in [6.07, 6.45) is 5.15. The lowest BCUT2D eigenvalue weighted by Gasteiger charge is -2.09. The Morgan fingerprint density at radius 2 is 2.11 bits per heavy atom. The molecule has 0 bridgehead atoms. The number of halogens is 2. The van der Waals surface area contributed by atoms with E-state index in [0.717, 1.165) is 0 Å². The van der Waals surface area contributed by atoms with Crippen molar-refractivity contribution in [3.05, 3.63) is 46.8 Å². The summed E-state index contributed by atoms with van der Waals surface area (Å²) in [5.74, 6) is 0.903. The molecule has 0 atom stereocenters. The van der Waals surface area contributed by atoms with Crippen molar-refractivity contribution in [1.82, 2.24) is 14.4 Å². The molecule has 19 heavy (non-hydrogen) atoms. The monoisotopic (exact) mass is 293 g/mol. The van der Waals surface area contributed by atoms with Crippen LogP contribution in [0.4, 0.5) is 17.3 Å². The second kappa shape index (κ2) is 4.60. The summed E-state index contributed by atoms with van der Waals surface area (Å²) in [7, 11) is 0. The van der Waals surface area contributed by atoms with Crippen LogP contribution in [0.25, 0.3) is 5.65 Å². The SMILES string of the molecule is Nc1cn2ccnc2c(Nc2cc(Cl)ccc2Cl)n1. The number of hydrogen-bond donors (Lipinski definition) is 2. The third kappa shape index (κ3) is 2.30. The molecule has 3 aromatic rings. The molecule has 7 heteroatoms. The first kappa shape index (κ1) is 12.1. The maximum absolute atomic E-state index is 6.10. The van der Waals surface area contributed by atoms with E-state index < -0.39 is 0 Å². The topological polar surface area (TPSA) is 68.2 Å². The average molecular weight is 294 g/mol. The fraction of sp³-hybridized carbons (Fsp3) is 0. The van der Waals surface area contributed by atoms with Gasteiger partial charge in [-0.25, -0.2) is 9.97 Å². The van der Waals surface area contributed by atoms with Gasteiger partial charge in [0.2, 0.25) is 0 Å². The van der Waals surface area contributed by atoms with E-state index in [0.29, 0.717) is 33.0 Å². The van der Waals surface area contributed by atoms with Crippen molar-refractivity contribution in [2.75, 3.05) is 11.1 Å². The molecule has 96 valence electrons. The quantitative estimate of drug-likeness (QED) is 0.760. The van der Waals surface area contributed by atoms with Gasteiger partial charge in [-0.3, -0.25) is 0 Å². The zero-order chi connectivity index (χ0) is 13.4. The van der Waals surface area contributed by atoms with Gasteiger partial charge in [0, 0.05) is 17.4 Å². The van der Waals surface area contributed by atoms with Crippen LogP contribution in [0.15, 0.2) is 36.8 Å². The Balaban J connectivity index is 2.10. The number of aromatic nitrogens is 3. The molecule has 2 aromatic heterocycles. The molecule has 2 heterocycles. The Morgan fingerprint density at radius 1 is 1.26 bits per heavy atom. The number of nitrogens with zero attached hydrogens (tertiary/aromatic N) is 3. The van der Waals surface area contributed by atoms with Gasteiger partial charge in [-0.05, 0) is 18.2 Å². The zero-order valence-corrected chi connectivity index (χ0v) is 11.2. The van der Waals surface area contributed by atoms with Gasteiger partial charge in [-0.1, -0.05) is 23.2 Å². The van der Waals surface area contributed by atoms with Gasteiger partial charge < -0.3 is 15.5 Å². The number of fused-ring (bicyclic) bond motifs is 1. The van der Waals surface area contributed by atoms with Gasteiger partial charge in [0.1, 0.15) is 5.82 Å². The number of benzene rings is 1. The summed E-state index contributed by atoms with van der Waals surface area (Å²) < 4.78 is 1.78. The van der Waals surface area contributed by atoms with Crippen molar-refractivity contribution in [2.24, 2.45) is 0 Å². The van der Waals surface area contributed by atoms with Crippen molar-refractivity contribution in [2.45, 2.75) is 0 Å². The minimum Gasteiger partial charge on any atom is -0.382 e. The Labute approximate surface area is 119 Å². The first-order valence-corrected chi connectivity index (χ1v) is 6.20. The van der Waals surface area contributed by atoms with Gasteiger partial charge in [0.25, 0.3) is 0 Å². The molecule has 0 spiro atoms.